The average molecular weight is 359 g/mol. The van der Waals surface area contributed by atoms with E-state index in [1.807, 2.05) is 0 Å². The first-order chi connectivity index (χ1) is 8.67. The van der Waals surface area contributed by atoms with Gasteiger partial charge < -0.3 is 5.32 Å². The van der Waals surface area contributed by atoms with E-state index in [-0.39, 0.29) is 0 Å². The lowest BCUT2D eigenvalue weighted by molar-refractivity contribution is 0.352. The molecule has 2 heteroatoms. The smallest absolute Gasteiger partial charge is 0.0133 e. The number of nitrogens with one attached hydrogen (secondary N) is 1. The van der Waals surface area contributed by atoms with Crippen molar-refractivity contribution < 1.29 is 0 Å². The highest BCUT2D eigenvalue weighted by Crippen LogP contribution is 2.17. The highest BCUT2D eigenvalue weighted by molar-refractivity contribution is 14.1. The van der Waals surface area contributed by atoms with E-state index in [2.05, 4.69) is 72.9 Å². The fourth-order valence-corrected chi connectivity index (χ4v) is 2.70. The Bertz CT molecular complexity index is 320. The molecule has 0 aliphatic heterocycles. The van der Waals surface area contributed by atoms with Crippen LogP contribution in [-0.2, 0) is 6.42 Å². The first kappa shape index (κ1) is 16.0. The molecule has 0 radical (unpaired) electrons. The highest BCUT2D eigenvalue weighted by Gasteiger charge is 2.16. The van der Waals surface area contributed by atoms with Gasteiger partial charge in [-0.25, -0.2) is 0 Å². The number of benzene rings is 1. The molecule has 0 heterocycles. The topological polar surface area (TPSA) is 12.0 Å². The predicted octanol–water partition coefficient (Wildman–Crippen LogP) is 4.64. The van der Waals surface area contributed by atoms with Gasteiger partial charge in [0.15, 0.2) is 0 Å². The average Bonchev–Trinajstić information content (AvgIpc) is 2.38. The van der Waals surface area contributed by atoms with Crippen molar-refractivity contribution in [3.05, 3.63) is 33.4 Å². The molecular weight excluding hydrogens is 333 g/mol. The molecule has 102 valence electrons. The largest absolute Gasteiger partial charge is 0.314 e. The van der Waals surface area contributed by atoms with Gasteiger partial charge in [0.1, 0.15) is 0 Å². The Morgan fingerprint density at radius 3 is 2.39 bits per heavy atom. The second-order valence-corrected chi connectivity index (χ2v) is 6.36. The Balaban J connectivity index is 2.58. The number of hydrogen-bond donors (Lipinski definition) is 1. The van der Waals surface area contributed by atoms with Crippen molar-refractivity contribution in [2.24, 2.45) is 5.92 Å². The third-order valence-electron chi connectivity index (χ3n) is 3.54. The Morgan fingerprint density at radius 1 is 1.17 bits per heavy atom. The van der Waals surface area contributed by atoms with Gasteiger partial charge in [0.05, 0.1) is 0 Å². The van der Waals surface area contributed by atoms with Gasteiger partial charge in [0.2, 0.25) is 0 Å². The van der Waals surface area contributed by atoms with Crippen molar-refractivity contribution in [1.29, 1.82) is 0 Å². The van der Waals surface area contributed by atoms with E-state index in [1.165, 1.54) is 28.4 Å². The van der Waals surface area contributed by atoms with Crippen molar-refractivity contribution >= 4 is 22.6 Å². The second kappa shape index (κ2) is 8.92. The lowest BCUT2D eigenvalue weighted by Gasteiger charge is -2.25. The van der Waals surface area contributed by atoms with Gasteiger partial charge in [-0.1, -0.05) is 45.7 Å². The van der Waals surface area contributed by atoms with Crippen LogP contribution in [0.3, 0.4) is 0 Å². The van der Waals surface area contributed by atoms with Gasteiger partial charge >= 0.3 is 0 Å². The van der Waals surface area contributed by atoms with Crippen molar-refractivity contribution in [2.45, 2.75) is 52.5 Å². The molecular formula is C16H26IN. The van der Waals surface area contributed by atoms with Crippen LogP contribution in [0.2, 0.25) is 0 Å². The Morgan fingerprint density at radius 2 is 1.83 bits per heavy atom. The minimum atomic E-state index is 0.613. The van der Waals surface area contributed by atoms with Crippen molar-refractivity contribution in [3.63, 3.8) is 0 Å². The van der Waals surface area contributed by atoms with Crippen LogP contribution >= 0.6 is 22.6 Å². The zero-order chi connectivity index (χ0) is 13.4. The monoisotopic (exact) mass is 359 g/mol. The van der Waals surface area contributed by atoms with Crippen LogP contribution < -0.4 is 5.32 Å². The first-order valence-corrected chi connectivity index (χ1v) is 8.23. The van der Waals surface area contributed by atoms with Gasteiger partial charge in [-0.2, -0.15) is 0 Å². The van der Waals surface area contributed by atoms with Crippen molar-refractivity contribution in [3.8, 4) is 0 Å². The van der Waals surface area contributed by atoms with Crippen LogP contribution in [0.5, 0.6) is 0 Å². The van der Waals surface area contributed by atoms with E-state index in [4.69, 9.17) is 0 Å². The quantitative estimate of drug-likeness (QED) is 0.667. The molecule has 0 saturated heterocycles. The van der Waals surface area contributed by atoms with Gasteiger partial charge in [-0.3, -0.25) is 0 Å². The van der Waals surface area contributed by atoms with E-state index in [9.17, 15) is 0 Å². The third-order valence-corrected chi connectivity index (χ3v) is 4.25. The maximum absolute atomic E-state index is 3.65. The summed E-state index contributed by atoms with van der Waals surface area (Å²) in [7, 11) is 0. The predicted molar refractivity (Wildman–Crippen MR) is 89.0 cm³/mol. The molecule has 1 nitrogen and oxygen atoms in total. The number of likely N-dealkylation sites (N-methyl/N-ethyl adjacent to an activating group) is 1. The molecule has 0 aromatic heterocycles. The summed E-state index contributed by atoms with van der Waals surface area (Å²) < 4.78 is 1.32. The molecule has 0 amide bonds. The molecule has 18 heavy (non-hydrogen) atoms. The van der Waals surface area contributed by atoms with Crippen LogP contribution in [0.4, 0.5) is 0 Å². The summed E-state index contributed by atoms with van der Waals surface area (Å²) in [6, 6.07) is 9.55. The summed E-state index contributed by atoms with van der Waals surface area (Å²) in [5, 5.41) is 3.65. The molecule has 0 spiro atoms. The first-order valence-electron chi connectivity index (χ1n) is 7.15. The van der Waals surface area contributed by atoms with Gasteiger partial charge in [0.25, 0.3) is 0 Å². The number of unbranched alkanes of at least 4 members (excludes halogenated alkanes) is 1. The zero-order valence-corrected chi connectivity index (χ0v) is 14.0. The summed E-state index contributed by atoms with van der Waals surface area (Å²) in [5.74, 6) is 0.754. The van der Waals surface area contributed by atoms with Crippen LogP contribution in [0.25, 0.3) is 0 Å². The Hall–Kier alpha value is -0.0900. The molecule has 2 unspecified atom stereocenters. The number of rotatable bonds is 8. The Kier molecular flexibility index (Phi) is 7.91. The van der Waals surface area contributed by atoms with E-state index in [0.717, 1.165) is 18.9 Å². The molecule has 0 bridgehead atoms. The molecule has 1 aromatic rings. The van der Waals surface area contributed by atoms with E-state index >= 15 is 0 Å². The second-order valence-electron chi connectivity index (χ2n) is 5.11. The minimum Gasteiger partial charge on any atom is -0.314 e. The van der Waals surface area contributed by atoms with Crippen LogP contribution in [0.1, 0.15) is 45.6 Å². The van der Waals surface area contributed by atoms with Crippen molar-refractivity contribution in [2.75, 3.05) is 6.54 Å². The molecule has 0 aliphatic rings. The molecule has 1 aromatic carbocycles. The highest BCUT2D eigenvalue weighted by atomic mass is 127. The van der Waals surface area contributed by atoms with Gasteiger partial charge in [-0.05, 0) is 65.6 Å². The summed E-state index contributed by atoms with van der Waals surface area (Å²) >= 11 is 2.36. The van der Waals surface area contributed by atoms with Gasteiger partial charge in [0, 0.05) is 9.61 Å². The van der Waals surface area contributed by atoms with Crippen LogP contribution in [0.15, 0.2) is 24.3 Å². The van der Waals surface area contributed by atoms with E-state index < -0.39 is 0 Å². The van der Waals surface area contributed by atoms with Crippen molar-refractivity contribution in [1.82, 2.24) is 5.32 Å². The fraction of sp³-hybridized carbons (Fsp3) is 0.625. The van der Waals surface area contributed by atoms with E-state index in [0.29, 0.717) is 6.04 Å². The maximum atomic E-state index is 3.65. The summed E-state index contributed by atoms with van der Waals surface area (Å²) in [6.07, 6.45) is 5.12. The SMILES string of the molecule is CCCCC(C)C(Cc1ccc(I)cc1)NCC. The summed E-state index contributed by atoms with van der Waals surface area (Å²) in [4.78, 5) is 0. The standard InChI is InChI=1S/C16H26IN/c1-4-6-7-13(3)16(18-5-2)12-14-8-10-15(17)11-9-14/h8-11,13,16,18H,4-7,12H2,1-3H3. The molecule has 2 atom stereocenters. The third kappa shape index (κ3) is 5.70. The minimum absolute atomic E-state index is 0.613. The lowest BCUT2D eigenvalue weighted by Crippen LogP contribution is -2.36. The number of halogens is 1. The zero-order valence-electron chi connectivity index (χ0n) is 11.9. The van der Waals surface area contributed by atoms with Crippen LogP contribution in [0, 0.1) is 9.49 Å². The molecule has 0 fully saturated rings. The Labute approximate surface area is 126 Å². The summed E-state index contributed by atoms with van der Waals surface area (Å²) in [5.41, 5.74) is 1.45. The van der Waals surface area contributed by atoms with Gasteiger partial charge in [-0.15, -0.1) is 0 Å². The molecule has 0 aliphatic carbocycles. The van der Waals surface area contributed by atoms with E-state index in [1.54, 1.807) is 0 Å². The summed E-state index contributed by atoms with van der Waals surface area (Å²) in [6.45, 7) is 7.92. The normalized spacial score (nSPS) is 14.4. The fourth-order valence-electron chi connectivity index (χ4n) is 2.34. The molecule has 1 N–H and O–H groups in total. The van der Waals surface area contributed by atoms with Crippen LogP contribution in [-0.4, -0.2) is 12.6 Å². The lowest BCUT2D eigenvalue weighted by atomic mass is 9.91. The molecule has 1 rings (SSSR count). The molecule has 0 saturated carbocycles. The maximum Gasteiger partial charge on any atom is 0.0133 e. The number of hydrogen-bond acceptors (Lipinski definition) is 1.